The summed E-state index contributed by atoms with van der Waals surface area (Å²) >= 11 is 0. The normalized spacial score (nSPS) is 11.0. The number of rotatable bonds is 7. The highest BCUT2D eigenvalue weighted by atomic mass is 16.4. The van der Waals surface area contributed by atoms with Gasteiger partial charge >= 0.3 is 5.97 Å². The molecule has 174 valence electrons. The van der Waals surface area contributed by atoms with Crippen molar-refractivity contribution in [3.8, 4) is 28.1 Å². The van der Waals surface area contributed by atoms with Crippen LogP contribution >= 0.6 is 0 Å². The molecule has 0 amide bonds. The van der Waals surface area contributed by atoms with Crippen molar-refractivity contribution in [2.45, 2.75) is 13.8 Å². The Morgan fingerprint density at radius 2 is 1.69 bits per heavy atom. The fraction of sp³-hybridized carbons (Fsp3) is 0.143. The van der Waals surface area contributed by atoms with E-state index in [9.17, 15) is 9.90 Å². The molecule has 0 saturated heterocycles. The second-order valence-corrected chi connectivity index (χ2v) is 8.12. The quantitative estimate of drug-likeness (QED) is 0.334. The summed E-state index contributed by atoms with van der Waals surface area (Å²) in [6.07, 6.45) is 3.48. The zero-order chi connectivity index (χ0) is 24.4. The van der Waals surface area contributed by atoms with E-state index in [1.807, 2.05) is 54.6 Å². The summed E-state index contributed by atoms with van der Waals surface area (Å²) in [6.45, 7) is 6.07. The molecule has 35 heavy (non-hydrogen) atoms. The third kappa shape index (κ3) is 4.12. The molecule has 0 aliphatic carbocycles. The van der Waals surface area contributed by atoms with Crippen LogP contribution in [0.3, 0.4) is 0 Å². The maximum atomic E-state index is 12.1. The average molecular weight is 464 g/mol. The molecule has 0 saturated carbocycles. The number of para-hydroxylation sites is 1. The molecule has 7 heteroatoms. The van der Waals surface area contributed by atoms with Gasteiger partial charge in [-0.2, -0.15) is 5.10 Å². The number of fused-ring (bicyclic) bond motifs is 1. The summed E-state index contributed by atoms with van der Waals surface area (Å²) in [5.74, 6) is -1.09. The van der Waals surface area contributed by atoms with Crippen molar-refractivity contribution in [2.75, 3.05) is 18.0 Å². The highest BCUT2D eigenvalue weighted by Gasteiger charge is 2.22. The molecule has 1 N–H and O–H groups in total. The highest BCUT2D eigenvalue weighted by Crippen LogP contribution is 2.37. The predicted molar refractivity (Wildman–Crippen MR) is 138 cm³/mol. The van der Waals surface area contributed by atoms with E-state index in [0.717, 1.165) is 46.5 Å². The van der Waals surface area contributed by atoms with Crippen molar-refractivity contribution in [2.24, 2.45) is 0 Å². The predicted octanol–water partition coefficient (Wildman–Crippen LogP) is 5.69. The Balaban J connectivity index is 1.82. The van der Waals surface area contributed by atoms with Gasteiger partial charge in [0.1, 0.15) is 5.69 Å². The number of hydrogen-bond acceptors (Lipinski definition) is 5. The average Bonchev–Trinajstić information content (AvgIpc) is 3.30. The van der Waals surface area contributed by atoms with Crippen molar-refractivity contribution >= 4 is 22.7 Å². The summed E-state index contributed by atoms with van der Waals surface area (Å²) < 4.78 is 1.71. The van der Waals surface area contributed by atoms with Gasteiger partial charge in [-0.25, -0.2) is 14.5 Å². The van der Waals surface area contributed by atoms with Crippen LogP contribution in [0.25, 0.3) is 39.1 Å². The molecule has 0 unspecified atom stereocenters. The highest BCUT2D eigenvalue weighted by molar-refractivity contribution is 6.05. The number of benzene rings is 2. The zero-order valence-corrected chi connectivity index (χ0v) is 19.6. The van der Waals surface area contributed by atoms with Gasteiger partial charge in [-0.3, -0.25) is 4.98 Å². The number of aromatic carboxylic acids is 1. The van der Waals surface area contributed by atoms with E-state index in [2.05, 4.69) is 40.8 Å². The van der Waals surface area contributed by atoms with Crippen molar-refractivity contribution in [1.29, 1.82) is 0 Å². The Kier molecular flexibility index (Phi) is 5.97. The van der Waals surface area contributed by atoms with E-state index in [0.29, 0.717) is 11.3 Å². The van der Waals surface area contributed by atoms with Crippen LogP contribution in [0.5, 0.6) is 0 Å². The number of hydrogen-bond donors (Lipinski definition) is 1. The van der Waals surface area contributed by atoms with E-state index in [1.165, 1.54) is 0 Å². The number of carboxylic acids is 1. The molecule has 3 aromatic heterocycles. The molecule has 0 bridgehead atoms. The smallest absolute Gasteiger partial charge is 0.354 e. The van der Waals surface area contributed by atoms with Crippen LogP contribution in [-0.2, 0) is 0 Å². The maximum Gasteiger partial charge on any atom is 0.354 e. The van der Waals surface area contributed by atoms with Gasteiger partial charge in [0, 0.05) is 36.7 Å². The van der Waals surface area contributed by atoms with Crippen molar-refractivity contribution in [3.63, 3.8) is 0 Å². The maximum absolute atomic E-state index is 12.1. The van der Waals surface area contributed by atoms with Crippen molar-refractivity contribution < 1.29 is 9.90 Å². The molecular formula is C28H25N5O2. The van der Waals surface area contributed by atoms with Crippen LogP contribution in [0.1, 0.15) is 24.3 Å². The largest absolute Gasteiger partial charge is 0.477 e. The van der Waals surface area contributed by atoms with Gasteiger partial charge in [0.15, 0.2) is 11.3 Å². The molecule has 0 fully saturated rings. The second kappa shape index (κ2) is 9.38. The topological polar surface area (TPSA) is 84.1 Å². The fourth-order valence-electron chi connectivity index (χ4n) is 4.35. The number of nitrogens with zero attached hydrogens (tertiary/aromatic N) is 5. The van der Waals surface area contributed by atoms with E-state index in [1.54, 1.807) is 23.1 Å². The van der Waals surface area contributed by atoms with Crippen LogP contribution in [0.4, 0.5) is 5.69 Å². The number of aromatic nitrogens is 4. The third-order valence-electron chi connectivity index (χ3n) is 6.10. The fourth-order valence-corrected chi connectivity index (χ4v) is 4.35. The van der Waals surface area contributed by atoms with Gasteiger partial charge in [0.2, 0.25) is 0 Å². The molecule has 0 aliphatic rings. The number of anilines is 1. The van der Waals surface area contributed by atoms with E-state index >= 15 is 0 Å². The van der Waals surface area contributed by atoms with Crippen molar-refractivity contribution in [1.82, 2.24) is 19.7 Å². The SMILES string of the molecule is CCN(CC)c1ccc(-c2cc(C(=O)O)nc3c2c(-c2cccnc2)nn3-c2ccccc2)cc1. The van der Waals surface area contributed by atoms with Crippen LogP contribution in [0, 0.1) is 0 Å². The van der Waals surface area contributed by atoms with Gasteiger partial charge in [0.05, 0.1) is 11.1 Å². The first-order chi connectivity index (χ1) is 17.1. The van der Waals surface area contributed by atoms with Gasteiger partial charge in [-0.15, -0.1) is 0 Å². The van der Waals surface area contributed by atoms with E-state index in [4.69, 9.17) is 5.10 Å². The van der Waals surface area contributed by atoms with Gasteiger partial charge < -0.3 is 10.0 Å². The van der Waals surface area contributed by atoms with Gasteiger partial charge in [0.25, 0.3) is 0 Å². The molecule has 0 atom stereocenters. The Bertz CT molecular complexity index is 1480. The molecule has 3 heterocycles. The Morgan fingerprint density at radius 1 is 0.943 bits per heavy atom. The van der Waals surface area contributed by atoms with E-state index < -0.39 is 5.97 Å². The lowest BCUT2D eigenvalue weighted by atomic mass is 9.98. The molecule has 5 aromatic rings. The lowest BCUT2D eigenvalue weighted by Crippen LogP contribution is -2.21. The molecule has 2 aromatic carbocycles. The summed E-state index contributed by atoms with van der Waals surface area (Å²) in [4.78, 5) is 23.1. The molecule has 0 radical (unpaired) electrons. The lowest BCUT2D eigenvalue weighted by molar-refractivity contribution is 0.0691. The monoisotopic (exact) mass is 463 g/mol. The first-order valence-electron chi connectivity index (χ1n) is 11.6. The summed E-state index contributed by atoms with van der Waals surface area (Å²) in [5.41, 5.74) is 5.56. The van der Waals surface area contributed by atoms with E-state index in [-0.39, 0.29) is 5.69 Å². The molecule has 0 spiro atoms. The number of carboxylic acid groups (broad SMARTS) is 1. The minimum atomic E-state index is -1.09. The van der Waals surface area contributed by atoms with Crippen LogP contribution in [0.15, 0.2) is 85.2 Å². The second-order valence-electron chi connectivity index (χ2n) is 8.12. The Hall–Kier alpha value is -4.52. The summed E-state index contributed by atoms with van der Waals surface area (Å²) in [5, 5.41) is 15.6. The Morgan fingerprint density at radius 3 is 2.31 bits per heavy atom. The molecule has 5 rings (SSSR count). The van der Waals surface area contributed by atoms with Gasteiger partial charge in [-0.05, 0) is 67.4 Å². The zero-order valence-electron chi connectivity index (χ0n) is 19.6. The third-order valence-corrected chi connectivity index (χ3v) is 6.10. The standard InChI is InChI=1S/C28H25N5O2/c1-3-32(4-2)21-14-12-19(13-15-21)23-17-24(28(34)35)30-27-25(23)26(20-9-8-16-29-18-20)31-33(27)22-10-6-5-7-11-22/h5-18H,3-4H2,1-2H3,(H,34,35). The molecule has 0 aliphatic heterocycles. The minimum Gasteiger partial charge on any atom is -0.477 e. The number of pyridine rings is 2. The summed E-state index contributed by atoms with van der Waals surface area (Å²) in [7, 11) is 0. The number of carbonyl (C=O) groups is 1. The van der Waals surface area contributed by atoms with Crippen molar-refractivity contribution in [3.05, 3.63) is 90.9 Å². The van der Waals surface area contributed by atoms with Crippen LogP contribution in [-0.4, -0.2) is 43.9 Å². The molecule has 7 nitrogen and oxygen atoms in total. The minimum absolute atomic E-state index is 0.0323. The Labute approximate surface area is 203 Å². The first kappa shape index (κ1) is 22.3. The first-order valence-corrected chi connectivity index (χ1v) is 11.6. The molecular weight excluding hydrogens is 438 g/mol. The lowest BCUT2D eigenvalue weighted by Gasteiger charge is -2.21. The summed E-state index contributed by atoms with van der Waals surface area (Å²) in [6, 6.07) is 23.2. The van der Waals surface area contributed by atoms with Gasteiger partial charge in [-0.1, -0.05) is 30.3 Å². The van der Waals surface area contributed by atoms with Crippen LogP contribution < -0.4 is 4.90 Å². The van der Waals surface area contributed by atoms with Crippen LogP contribution in [0.2, 0.25) is 0 Å².